The van der Waals surface area contributed by atoms with E-state index in [0.717, 1.165) is 5.56 Å². The molecule has 0 atom stereocenters. The molecule has 19 heavy (non-hydrogen) atoms. The Labute approximate surface area is 115 Å². The van der Waals surface area contributed by atoms with Gasteiger partial charge < -0.3 is 9.15 Å². The maximum atomic E-state index is 11.2. The molecule has 5 nitrogen and oxygen atoms in total. The number of hydrazine groups is 1. The van der Waals surface area contributed by atoms with Crippen molar-refractivity contribution in [3.05, 3.63) is 52.4 Å². The zero-order valence-electron chi connectivity index (χ0n) is 10.3. The molecule has 0 radical (unpaired) electrons. The van der Waals surface area contributed by atoms with Gasteiger partial charge in [0.25, 0.3) is 5.91 Å². The quantitative estimate of drug-likeness (QED) is 0.512. The van der Waals surface area contributed by atoms with Crippen LogP contribution in [0, 0.1) is 6.92 Å². The van der Waals surface area contributed by atoms with Gasteiger partial charge in [0.05, 0.1) is 10.6 Å². The second-order valence-electron chi connectivity index (χ2n) is 4.00. The lowest BCUT2D eigenvalue weighted by Crippen LogP contribution is -2.29. The van der Waals surface area contributed by atoms with E-state index in [-0.39, 0.29) is 6.61 Å². The monoisotopic (exact) mass is 280 g/mol. The van der Waals surface area contributed by atoms with E-state index in [1.165, 1.54) is 6.26 Å². The fourth-order valence-electron chi connectivity index (χ4n) is 1.53. The van der Waals surface area contributed by atoms with Crippen LogP contribution in [0.4, 0.5) is 0 Å². The minimum atomic E-state index is -0.413. The number of nitrogen functional groups attached to an aromatic ring is 1. The van der Waals surface area contributed by atoms with Crippen LogP contribution in [0.15, 0.2) is 34.9 Å². The molecule has 2 rings (SSSR count). The number of aryl methyl sites for hydroxylation is 1. The fourth-order valence-corrected chi connectivity index (χ4v) is 1.70. The first-order valence-electron chi connectivity index (χ1n) is 5.57. The van der Waals surface area contributed by atoms with Gasteiger partial charge in [0.2, 0.25) is 0 Å². The van der Waals surface area contributed by atoms with Crippen molar-refractivity contribution in [1.82, 2.24) is 5.43 Å². The van der Waals surface area contributed by atoms with Gasteiger partial charge in [-0.1, -0.05) is 17.7 Å². The molecule has 0 saturated carbocycles. The number of furan rings is 1. The first-order valence-corrected chi connectivity index (χ1v) is 5.95. The summed E-state index contributed by atoms with van der Waals surface area (Å²) in [6.45, 7) is 2.13. The van der Waals surface area contributed by atoms with Crippen molar-refractivity contribution in [3.8, 4) is 5.75 Å². The van der Waals surface area contributed by atoms with Gasteiger partial charge in [-0.15, -0.1) is 0 Å². The molecule has 100 valence electrons. The van der Waals surface area contributed by atoms with E-state index in [2.05, 4.69) is 0 Å². The highest BCUT2D eigenvalue weighted by Gasteiger charge is 2.10. The number of rotatable bonds is 4. The SMILES string of the molecule is Cc1ccc(Cl)c(OCc2cc(C(=O)NN)co2)c1. The summed E-state index contributed by atoms with van der Waals surface area (Å²) in [5, 5.41) is 0.525. The van der Waals surface area contributed by atoms with Gasteiger partial charge in [-0.25, -0.2) is 5.84 Å². The summed E-state index contributed by atoms with van der Waals surface area (Å²) in [5.74, 6) is 5.69. The standard InChI is InChI=1S/C13H13ClN2O3/c1-8-2-3-11(14)12(4-8)19-7-10-5-9(6-18-10)13(17)16-15/h2-6H,7,15H2,1H3,(H,16,17). The Morgan fingerprint density at radius 2 is 2.26 bits per heavy atom. The molecule has 0 fully saturated rings. The normalized spacial score (nSPS) is 10.3. The van der Waals surface area contributed by atoms with Crippen molar-refractivity contribution in [2.45, 2.75) is 13.5 Å². The lowest BCUT2D eigenvalue weighted by atomic mass is 10.2. The minimum Gasteiger partial charge on any atom is -0.484 e. The first kappa shape index (κ1) is 13.5. The average Bonchev–Trinajstić information content (AvgIpc) is 2.88. The van der Waals surface area contributed by atoms with Crippen LogP contribution < -0.4 is 16.0 Å². The van der Waals surface area contributed by atoms with E-state index in [4.69, 9.17) is 26.6 Å². The van der Waals surface area contributed by atoms with Crippen LogP contribution in [0.3, 0.4) is 0 Å². The highest BCUT2D eigenvalue weighted by Crippen LogP contribution is 2.26. The number of benzene rings is 1. The molecule has 1 heterocycles. The first-order chi connectivity index (χ1) is 9.10. The zero-order chi connectivity index (χ0) is 13.8. The largest absolute Gasteiger partial charge is 0.484 e. The molecule has 0 aliphatic rings. The van der Waals surface area contributed by atoms with Crippen molar-refractivity contribution in [2.75, 3.05) is 0 Å². The van der Waals surface area contributed by atoms with E-state index in [1.54, 1.807) is 12.1 Å². The van der Waals surface area contributed by atoms with Crippen molar-refractivity contribution in [3.63, 3.8) is 0 Å². The Morgan fingerprint density at radius 1 is 1.47 bits per heavy atom. The topological polar surface area (TPSA) is 77.5 Å². The summed E-state index contributed by atoms with van der Waals surface area (Å²) >= 11 is 6.00. The van der Waals surface area contributed by atoms with E-state index < -0.39 is 5.91 Å². The van der Waals surface area contributed by atoms with Gasteiger partial charge in [-0.2, -0.15) is 0 Å². The van der Waals surface area contributed by atoms with Crippen molar-refractivity contribution < 1.29 is 13.9 Å². The Balaban J connectivity index is 2.04. The van der Waals surface area contributed by atoms with Crippen LogP contribution in [0.5, 0.6) is 5.75 Å². The van der Waals surface area contributed by atoms with Crippen molar-refractivity contribution in [1.29, 1.82) is 0 Å². The molecule has 2 aromatic rings. The highest BCUT2D eigenvalue weighted by atomic mass is 35.5. The number of nitrogens with two attached hydrogens (primary N) is 1. The summed E-state index contributed by atoms with van der Waals surface area (Å²) in [4.78, 5) is 11.2. The third-order valence-electron chi connectivity index (χ3n) is 2.50. The van der Waals surface area contributed by atoms with Gasteiger partial charge >= 0.3 is 0 Å². The summed E-state index contributed by atoms with van der Waals surface area (Å²) in [6, 6.07) is 7.05. The molecule has 1 amide bonds. The predicted octanol–water partition coefficient (Wildman–Crippen LogP) is 2.42. The average molecular weight is 281 g/mol. The number of hydrogen-bond acceptors (Lipinski definition) is 4. The molecule has 0 aliphatic heterocycles. The summed E-state index contributed by atoms with van der Waals surface area (Å²) in [7, 11) is 0. The number of nitrogens with one attached hydrogen (secondary N) is 1. The third kappa shape index (κ3) is 3.27. The number of halogens is 1. The van der Waals surface area contributed by atoms with Crippen LogP contribution in [0.2, 0.25) is 5.02 Å². The molecular weight excluding hydrogens is 268 g/mol. The number of carbonyl (C=O) groups is 1. The molecule has 6 heteroatoms. The van der Waals surface area contributed by atoms with Crippen LogP contribution in [0.1, 0.15) is 21.7 Å². The van der Waals surface area contributed by atoms with Crippen molar-refractivity contribution in [2.24, 2.45) is 5.84 Å². The fraction of sp³-hybridized carbons (Fsp3) is 0.154. The van der Waals surface area contributed by atoms with Crippen LogP contribution in [-0.2, 0) is 6.61 Å². The molecule has 1 aromatic carbocycles. The van der Waals surface area contributed by atoms with E-state index in [9.17, 15) is 4.79 Å². The van der Waals surface area contributed by atoms with Crippen LogP contribution >= 0.6 is 11.6 Å². The summed E-state index contributed by atoms with van der Waals surface area (Å²) in [6.07, 6.45) is 1.32. The predicted molar refractivity (Wildman–Crippen MR) is 70.9 cm³/mol. The molecular formula is C13H13ClN2O3. The van der Waals surface area contributed by atoms with Crippen molar-refractivity contribution >= 4 is 17.5 Å². The van der Waals surface area contributed by atoms with Gasteiger partial charge in [0.15, 0.2) is 0 Å². The zero-order valence-corrected chi connectivity index (χ0v) is 11.0. The van der Waals surface area contributed by atoms with Crippen LogP contribution in [-0.4, -0.2) is 5.91 Å². The lowest BCUT2D eigenvalue weighted by molar-refractivity contribution is 0.0953. The molecule has 0 aliphatic carbocycles. The van der Waals surface area contributed by atoms with Gasteiger partial charge in [0.1, 0.15) is 24.4 Å². The number of ether oxygens (including phenoxy) is 1. The second-order valence-corrected chi connectivity index (χ2v) is 4.40. The molecule has 3 N–H and O–H groups in total. The van der Waals surface area contributed by atoms with E-state index in [0.29, 0.717) is 22.1 Å². The second kappa shape index (κ2) is 5.77. The molecule has 0 spiro atoms. The van der Waals surface area contributed by atoms with Gasteiger partial charge in [0, 0.05) is 0 Å². The smallest absolute Gasteiger partial charge is 0.268 e. The number of hydrogen-bond donors (Lipinski definition) is 2. The Hall–Kier alpha value is -1.98. The lowest BCUT2D eigenvalue weighted by Gasteiger charge is -2.06. The Morgan fingerprint density at radius 3 is 3.00 bits per heavy atom. The summed E-state index contributed by atoms with van der Waals surface area (Å²) < 4.78 is 10.7. The third-order valence-corrected chi connectivity index (χ3v) is 2.82. The Bertz CT molecular complexity index is 595. The van der Waals surface area contributed by atoms with Gasteiger partial charge in [-0.3, -0.25) is 10.2 Å². The van der Waals surface area contributed by atoms with Gasteiger partial charge in [-0.05, 0) is 30.7 Å². The van der Waals surface area contributed by atoms with E-state index in [1.807, 2.05) is 24.5 Å². The molecule has 1 aromatic heterocycles. The summed E-state index contributed by atoms with van der Waals surface area (Å²) in [5.41, 5.74) is 3.41. The van der Waals surface area contributed by atoms with E-state index >= 15 is 0 Å². The number of carbonyl (C=O) groups excluding carboxylic acids is 1. The maximum Gasteiger partial charge on any atom is 0.268 e. The molecule has 0 bridgehead atoms. The molecule has 0 unspecified atom stereocenters. The number of amides is 1. The highest BCUT2D eigenvalue weighted by molar-refractivity contribution is 6.32. The molecule has 0 saturated heterocycles. The maximum absolute atomic E-state index is 11.2. The van der Waals surface area contributed by atoms with Crippen LogP contribution in [0.25, 0.3) is 0 Å². The Kier molecular flexibility index (Phi) is 4.09. The minimum absolute atomic E-state index is 0.182.